The van der Waals surface area contributed by atoms with Gasteiger partial charge in [-0.05, 0) is 23.3 Å². The fraction of sp³-hybridized carbons (Fsp3) is 0.286. The molecule has 134 valence electrons. The summed E-state index contributed by atoms with van der Waals surface area (Å²) in [4.78, 5) is 0. The SMILES string of the molecule is CC(S)c1cccc2ccccc12.FC(F)(F)SOSC(F)(F)F. The predicted octanol–water partition coefficient (Wildman–Crippen LogP) is 7.17. The van der Waals surface area contributed by atoms with Gasteiger partial charge in [-0.15, -0.1) is 0 Å². The number of thiol groups is 1. The zero-order chi connectivity index (χ0) is 18.4. The summed E-state index contributed by atoms with van der Waals surface area (Å²) in [5.74, 6) is 0. The maximum Gasteiger partial charge on any atom is 0.469 e. The number of hydrogen-bond donors (Lipinski definition) is 1. The Morgan fingerprint density at radius 1 is 0.875 bits per heavy atom. The lowest BCUT2D eigenvalue weighted by Crippen LogP contribution is -2.03. The van der Waals surface area contributed by atoms with Crippen LogP contribution in [0.15, 0.2) is 42.5 Å². The van der Waals surface area contributed by atoms with E-state index in [2.05, 4.69) is 65.6 Å². The molecule has 0 aliphatic carbocycles. The summed E-state index contributed by atoms with van der Waals surface area (Å²) in [6, 6.07) is 14.8. The van der Waals surface area contributed by atoms with Crippen LogP contribution in [0.5, 0.6) is 0 Å². The van der Waals surface area contributed by atoms with Gasteiger partial charge < -0.3 is 0 Å². The van der Waals surface area contributed by atoms with Crippen LogP contribution in [0.25, 0.3) is 10.8 Å². The molecule has 0 saturated heterocycles. The Morgan fingerprint density at radius 3 is 1.88 bits per heavy atom. The molecule has 0 bridgehead atoms. The molecule has 0 spiro atoms. The van der Waals surface area contributed by atoms with Crippen molar-refractivity contribution in [3.8, 4) is 0 Å². The number of alkyl halides is 6. The molecule has 0 aliphatic rings. The maximum atomic E-state index is 11.1. The van der Waals surface area contributed by atoms with Gasteiger partial charge in [0.05, 0.1) is 0 Å². The first-order valence-corrected chi connectivity index (χ1v) is 8.32. The number of rotatable bonds is 3. The van der Waals surface area contributed by atoms with Crippen molar-refractivity contribution in [2.45, 2.75) is 23.2 Å². The van der Waals surface area contributed by atoms with E-state index in [1.807, 2.05) is 0 Å². The van der Waals surface area contributed by atoms with Crippen LogP contribution in [-0.4, -0.2) is 11.0 Å². The molecule has 0 saturated carbocycles. The summed E-state index contributed by atoms with van der Waals surface area (Å²) in [5.41, 5.74) is -8.31. The Labute approximate surface area is 149 Å². The fourth-order valence-corrected chi connectivity index (χ4v) is 2.69. The monoisotopic (exact) mass is 406 g/mol. The summed E-state index contributed by atoms with van der Waals surface area (Å²) < 4.78 is 69.7. The molecule has 2 rings (SSSR count). The maximum absolute atomic E-state index is 11.1. The Bertz CT molecular complexity index is 623. The van der Waals surface area contributed by atoms with Gasteiger partial charge in [0.2, 0.25) is 0 Å². The quantitative estimate of drug-likeness (QED) is 0.329. The van der Waals surface area contributed by atoms with Gasteiger partial charge in [-0.1, -0.05) is 42.5 Å². The van der Waals surface area contributed by atoms with Crippen LogP contribution < -0.4 is 0 Å². The normalized spacial score (nSPS) is 13.3. The molecule has 10 heteroatoms. The Kier molecular flexibility index (Phi) is 8.10. The summed E-state index contributed by atoms with van der Waals surface area (Å²) in [6.45, 7) is 2.10. The number of benzene rings is 2. The second kappa shape index (κ2) is 9.12. The minimum atomic E-state index is -4.81. The highest BCUT2D eigenvalue weighted by atomic mass is 32.2. The predicted molar refractivity (Wildman–Crippen MR) is 89.7 cm³/mol. The Morgan fingerprint density at radius 2 is 1.38 bits per heavy atom. The summed E-state index contributed by atoms with van der Waals surface area (Å²) in [5, 5.41) is 2.90. The van der Waals surface area contributed by atoms with Gasteiger partial charge in [0.25, 0.3) is 0 Å². The molecule has 24 heavy (non-hydrogen) atoms. The Hall–Kier alpha value is -0.710. The van der Waals surface area contributed by atoms with E-state index >= 15 is 0 Å². The smallest absolute Gasteiger partial charge is 0.229 e. The summed E-state index contributed by atoms with van der Waals surface area (Å²) in [7, 11) is 0. The highest BCUT2D eigenvalue weighted by Gasteiger charge is 2.36. The molecule has 0 aliphatic heterocycles. The van der Waals surface area contributed by atoms with Crippen LogP contribution in [0.1, 0.15) is 17.7 Å². The molecule has 2 aromatic rings. The van der Waals surface area contributed by atoms with Gasteiger partial charge in [0.1, 0.15) is 24.1 Å². The first-order chi connectivity index (χ1) is 11.0. The second-order valence-electron chi connectivity index (χ2n) is 4.37. The Balaban J connectivity index is 0.000000245. The molecule has 0 fully saturated rings. The highest BCUT2D eigenvalue weighted by Crippen LogP contribution is 2.40. The van der Waals surface area contributed by atoms with Gasteiger partial charge in [-0.25, -0.2) is 3.63 Å². The molecule has 1 nitrogen and oxygen atoms in total. The minimum Gasteiger partial charge on any atom is -0.229 e. The molecule has 2 aromatic carbocycles. The average Bonchev–Trinajstić information content (AvgIpc) is 2.44. The van der Waals surface area contributed by atoms with Crippen molar-refractivity contribution in [2.24, 2.45) is 0 Å². The van der Waals surface area contributed by atoms with Crippen LogP contribution in [-0.2, 0) is 3.63 Å². The van der Waals surface area contributed by atoms with E-state index in [4.69, 9.17) is 0 Å². The molecular formula is C14H12F6OS3. The zero-order valence-electron chi connectivity index (χ0n) is 12.1. The second-order valence-corrected chi connectivity index (χ2v) is 6.95. The molecule has 0 N–H and O–H groups in total. The third-order valence-electron chi connectivity index (χ3n) is 2.53. The minimum absolute atomic E-state index is 0.297. The molecule has 0 aromatic heterocycles. The van der Waals surface area contributed by atoms with Crippen LogP contribution >= 0.6 is 36.7 Å². The lowest BCUT2D eigenvalue weighted by atomic mass is 10.0. The van der Waals surface area contributed by atoms with E-state index in [9.17, 15) is 26.3 Å². The largest absolute Gasteiger partial charge is 0.469 e. The van der Waals surface area contributed by atoms with Crippen molar-refractivity contribution in [2.75, 3.05) is 0 Å². The van der Waals surface area contributed by atoms with E-state index in [0.29, 0.717) is 5.25 Å². The molecular weight excluding hydrogens is 394 g/mol. The molecule has 0 radical (unpaired) electrons. The highest BCUT2D eigenvalue weighted by molar-refractivity contribution is 8.08. The van der Waals surface area contributed by atoms with Gasteiger partial charge in [0, 0.05) is 5.25 Å². The molecule has 0 heterocycles. The van der Waals surface area contributed by atoms with Gasteiger partial charge >= 0.3 is 11.0 Å². The van der Waals surface area contributed by atoms with Crippen molar-refractivity contribution in [1.29, 1.82) is 0 Å². The van der Waals surface area contributed by atoms with Crippen LogP contribution in [0.2, 0.25) is 0 Å². The average molecular weight is 406 g/mol. The van der Waals surface area contributed by atoms with Crippen LogP contribution in [0, 0.1) is 0 Å². The van der Waals surface area contributed by atoms with Crippen molar-refractivity contribution in [3.05, 3.63) is 48.0 Å². The van der Waals surface area contributed by atoms with Gasteiger partial charge in [-0.2, -0.15) is 39.0 Å². The summed E-state index contributed by atoms with van der Waals surface area (Å²) >= 11 is 2.07. The lowest BCUT2D eigenvalue weighted by Gasteiger charge is -2.08. The number of fused-ring (bicyclic) bond motifs is 1. The first kappa shape index (κ1) is 21.3. The topological polar surface area (TPSA) is 9.23 Å². The fourth-order valence-electron chi connectivity index (χ4n) is 1.71. The van der Waals surface area contributed by atoms with Gasteiger partial charge in [-0.3, -0.25) is 0 Å². The number of hydrogen-bond acceptors (Lipinski definition) is 4. The molecule has 1 atom stereocenters. The van der Waals surface area contributed by atoms with Crippen LogP contribution in [0.3, 0.4) is 0 Å². The zero-order valence-corrected chi connectivity index (χ0v) is 14.6. The lowest BCUT2D eigenvalue weighted by molar-refractivity contribution is -0.0416. The van der Waals surface area contributed by atoms with Crippen molar-refractivity contribution >= 4 is 47.5 Å². The molecule has 1 unspecified atom stereocenters. The number of halogens is 6. The third kappa shape index (κ3) is 8.41. The van der Waals surface area contributed by atoms with Crippen molar-refractivity contribution in [3.63, 3.8) is 0 Å². The molecule has 0 amide bonds. The summed E-state index contributed by atoms with van der Waals surface area (Å²) in [6.07, 6.45) is 0. The van der Waals surface area contributed by atoms with E-state index in [-0.39, 0.29) is 0 Å². The third-order valence-corrected chi connectivity index (χ3v) is 3.73. The van der Waals surface area contributed by atoms with E-state index in [1.54, 1.807) is 0 Å². The van der Waals surface area contributed by atoms with Crippen molar-refractivity contribution < 1.29 is 30.0 Å². The van der Waals surface area contributed by atoms with E-state index in [0.717, 1.165) is 0 Å². The standard InChI is InChI=1S/C12H12S.C2F6OS2/c1-9(13)11-8-4-6-10-5-2-3-7-12(10)11;3-1(4,5)10-9-11-2(6,7)8/h2-9,13H,1H3;. The van der Waals surface area contributed by atoms with Crippen molar-refractivity contribution in [1.82, 2.24) is 0 Å². The van der Waals surface area contributed by atoms with Gasteiger partial charge in [0.15, 0.2) is 0 Å². The van der Waals surface area contributed by atoms with E-state index < -0.39 is 35.1 Å². The van der Waals surface area contributed by atoms with E-state index in [1.165, 1.54) is 16.3 Å². The van der Waals surface area contributed by atoms with Crippen LogP contribution in [0.4, 0.5) is 26.3 Å². The first-order valence-electron chi connectivity index (χ1n) is 6.32.